The third kappa shape index (κ3) is 2.60. The van der Waals surface area contributed by atoms with Gasteiger partial charge in [-0.25, -0.2) is 4.79 Å². The molecule has 1 aromatic carbocycles. The summed E-state index contributed by atoms with van der Waals surface area (Å²) in [6.07, 6.45) is 2.50. The topological polar surface area (TPSA) is 57.3 Å². The lowest BCUT2D eigenvalue weighted by Crippen LogP contribution is -2.05. The number of fused-ring (bicyclic) bond motifs is 1. The Morgan fingerprint density at radius 1 is 1.25 bits per heavy atom. The average Bonchev–Trinajstić information content (AvgIpc) is 3.33. The van der Waals surface area contributed by atoms with Gasteiger partial charge in [0.05, 0.1) is 0 Å². The van der Waals surface area contributed by atoms with Gasteiger partial charge in [0.2, 0.25) is 0 Å². The maximum absolute atomic E-state index is 11.8. The highest BCUT2D eigenvalue weighted by molar-refractivity contribution is 5.82. The molecule has 24 heavy (non-hydrogen) atoms. The van der Waals surface area contributed by atoms with Crippen molar-refractivity contribution in [2.24, 2.45) is 7.05 Å². The molecule has 0 N–H and O–H groups in total. The van der Waals surface area contributed by atoms with Crippen LogP contribution in [0.3, 0.4) is 0 Å². The summed E-state index contributed by atoms with van der Waals surface area (Å²) in [6, 6.07) is 7.73. The van der Waals surface area contributed by atoms with Crippen LogP contribution in [0.1, 0.15) is 41.3 Å². The maximum atomic E-state index is 11.8. The van der Waals surface area contributed by atoms with Crippen LogP contribution in [-0.2, 0) is 13.7 Å². The third-order valence-corrected chi connectivity index (χ3v) is 4.78. The largest absolute Gasteiger partial charge is 0.487 e. The first-order chi connectivity index (χ1) is 11.5. The summed E-state index contributed by atoms with van der Waals surface area (Å²) in [6.45, 7) is 4.12. The molecule has 0 unspecified atom stereocenters. The van der Waals surface area contributed by atoms with Crippen LogP contribution >= 0.6 is 0 Å². The van der Waals surface area contributed by atoms with Crippen LogP contribution in [-0.4, -0.2) is 9.78 Å². The number of aromatic nitrogens is 2. The van der Waals surface area contributed by atoms with E-state index in [0.29, 0.717) is 29.4 Å². The summed E-state index contributed by atoms with van der Waals surface area (Å²) in [5.74, 6) is 1.34. The average molecular weight is 324 g/mol. The van der Waals surface area contributed by atoms with Gasteiger partial charge in [-0.05, 0) is 50.5 Å². The molecule has 1 saturated carbocycles. The van der Waals surface area contributed by atoms with Crippen molar-refractivity contribution in [3.05, 3.63) is 57.2 Å². The second kappa shape index (κ2) is 5.51. The Morgan fingerprint density at radius 2 is 2.04 bits per heavy atom. The molecule has 0 amide bonds. The Hall–Kier alpha value is -2.56. The molecular formula is C19H20N2O3. The van der Waals surface area contributed by atoms with E-state index in [-0.39, 0.29) is 5.63 Å². The number of nitrogens with zero attached hydrogens (tertiary/aromatic N) is 2. The second-order valence-electron chi connectivity index (χ2n) is 6.54. The zero-order chi connectivity index (χ0) is 16.8. The van der Waals surface area contributed by atoms with E-state index in [1.807, 2.05) is 30.8 Å². The summed E-state index contributed by atoms with van der Waals surface area (Å²) in [7, 11) is 1.98. The van der Waals surface area contributed by atoms with Crippen LogP contribution in [0.25, 0.3) is 11.0 Å². The van der Waals surface area contributed by atoms with E-state index in [4.69, 9.17) is 9.15 Å². The monoisotopic (exact) mass is 324 g/mol. The fourth-order valence-electron chi connectivity index (χ4n) is 3.05. The predicted molar refractivity (Wildman–Crippen MR) is 91.5 cm³/mol. The quantitative estimate of drug-likeness (QED) is 0.688. The molecule has 1 aliphatic carbocycles. The van der Waals surface area contributed by atoms with Crippen LogP contribution < -0.4 is 10.4 Å². The number of benzene rings is 1. The van der Waals surface area contributed by atoms with Crippen molar-refractivity contribution in [2.75, 3.05) is 0 Å². The highest BCUT2D eigenvalue weighted by Crippen LogP contribution is 2.40. The minimum atomic E-state index is -0.295. The predicted octanol–water partition coefficient (Wildman–Crippen LogP) is 3.60. The molecule has 0 saturated heterocycles. The van der Waals surface area contributed by atoms with Gasteiger partial charge in [-0.3, -0.25) is 4.68 Å². The molecule has 1 fully saturated rings. The van der Waals surface area contributed by atoms with Crippen molar-refractivity contribution in [3.63, 3.8) is 0 Å². The van der Waals surface area contributed by atoms with Gasteiger partial charge in [0.15, 0.2) is 0 Å². The van der Waals surface area contributed by atoms with Crippen LogP contribution in [0.15, 0.2) is 33.5 Å². The SMILES string of the molecule is Cc1c(C)c2ccc(OCc3cc(C4CC4)n(C)n3)cc2oc1=O. The molecule has 2 heterocycles. The van der Waals surface area contributed by atoms with Crippen molar-refractivity contribution in [2.45, 2.75) is 39.2 Å². The van der Waals surface area contributed by atoms with Crippen molar-refractivity contribution < 1.29 is 9.15 Å². The van der Waals surface area contributed by atoms with Crippen molar-refractivity contribution in [1.82, 2.24) is 9.78 Å². The number of hydrogen-bond donors (Lipinski definition) is 0. The first-order valence-corrected chi connectivity index (χ1v) is 8.22. The van der Waals surface area contributed by atoms with Crippen molar-refractivity contribution in [1.29, 1.82) is 0 Å². The summed E-state index contributed by atoms with van der Waals surface area (Å²) < 4.78 is 13.2. The molecule has 0 atom stereocenters. The Bertz CT molecular complexity index is 980. The standard InChI is InChI=1S/C19H20N2O3/c1-11-12(2)19(22)24-18-9-15(6-7-16(11)18)23-10-14-8-17(13-4-5-13)21(3)20-14/h6-9,13H,4-5,10H2,1-3H3. The van der Waals surface area contributed by atoms with Crippen LogP contribution in [0.4, 0.5) is 0 Å². The Kier molecular flexibility index (Phi) is 3.44. The van der Waals surface area contributed by atoms with Gasteiger partial charge in [0, 0.05) is 35.7 Å². The Balaban J connectivity index is 1.57. The van der Waals surface area contributed by atoms with E-state index < -0.39 is 0 Å². The zero-order valence-corrected chi connectivity index (χ0v) is 14.1. The third-order valence-electron chi connectivity index (χ3n) is 4.78. The fraction of sp³-hybridized carbons (Fsp3) is 0.368. The molecule has 4 rings (SSSR count). The molecule has 3 aromatic rings. The molecule has 2 aromatic heterocycles. The van der Waals surface area contributed by atoms with E-state index in [1.165, 1.54) is 18.5 Å². The highest BCUT2D eigenvalue weighted by atomic mass is 16.5. The first-order valence-electron chi connectivity index (χ1n) is 8.22. The molecule has 5 heteroatoms. The van der Waals surface area contributed by atoms with Gasteiger partial charge in [-0.1, -0.05) is 0 Å². The molecule has 0 aliphatic heterocycles. The minimum Gasteiger partial charge on any atom is -0.487 e. The van der Waals surface area contributed by atoms with Crippen molar-refractivity contribution in [3.8, 4) is 5.75 Å². The molecule has 5 nitrogen and oxygen atoms in total. The van der Waals surface area contributed by atoms with Gasteiger partial charge in [0.25, 0.3) is 0 Å². The summed E-state index contributed by atoms with van der Waals surface area (Å²) >= 11 is 0. The van der Waals surface area contributed by atoms with Crippen molar-refractivity contribution >= 4 is 11.0 Å². The normalized spacial score (nSPS) is 14.3. The number of aryl methyl sites for hydroxylation is 2. The van der Waals surface area contributed by atoms with Crippen LogP contribution in [0, 0.1) is 13.8 Å². The highest BCUT2D eigenvalue weighted by Gasteiger charge is 2.27. The number of ether oxygens (including phenoxy) is 1. The van der Waals surface area contributed by atoms with Crippen LogP contribution in [0.5, 0.6) is 5.75 Å². The lowest BCUT2D eigenvalue weighted by Gasteiger charge is -2.07. The smallest absolute Gasteiger partial charge is 0.339 e. The number of rotatable bonds is 4. The molecule has 0 spiro atoms. The minimum absolute atomic E-state index is 0.295. The van der Waals surface area contributed by atoms with E-state index in [9.17, 15) is 4.79 Å². The van der Waals surface area contributed by atoms with Gasteiger partial charge >= 0.3 is 5.63 Å². The van der Waals surface area contributed by atoms with E-state index >= 15 is 0 Å². The van der Waals surface area contributed by atoms with E-state index in [2.05, 4.69) is 11.2 Å². The molecule has 1 aliphatic rings. The van der Waals surface area contributed by atoms with Gasteiger partial charge < -0.3 is 9.15 Å². The molecule has 0 bridgehead atoms. The fourth-order valence-corrected chi connectivity index (χ4v) is 3.05. The maximum Gasteiger partial charge on any atom is 0.339 e. The Labute approximate surface area is 139 Å². The van der Waals surface area contributed by atoms with Crippen LogP contribution in [0.2, 0.25) is 0 Å². The summed E-state index contributed by atoms with van der Waals surface area (Å²) in [5.41, 5.74) is 4.06. The molecule has 0 radical (unpaired) electrons. The summed E-state index contributed by atoms with van der Waals surface area (Å²) in [4.78, 5) is 11.8. The van der Waals surface area contributed by atoms with Gasteiger partial charge in [-0.15, -0.1) is 0 Å². The van der Waals surface area contributed by atoms with E-state index in [0.717, 1.165) is 16.6 Å². The first kappa shape index (κ1) is 15.0. The lowest BCUT2D eigenvalue weighted by molar-refractivity contribution is 0.300. The Morgan fingerprint density at radius 3 is 2.79 bits per heavy atom. The molecular weight excluding hydrogens is 304 g/mol. The molecule has 124 valence electrons. The second-order valence-corrected chi connectivity index (χ2v) is 6.54. The van der Waals surface area contributed by atoms with E-state index in [1.54, 1.807) is 13.0 Å². The lowest BCUT2D eigenvalue weighted by atomic mass is 10.1. The van der Waals surface area contributed by atoms with Gasteiger partial charge in [-0.2, -0.15) is 5.10 Å². The van der Waals surface area contributed by atoms with Gasteiger partial charge in [0.1, 0.15) is 23.6 Å². The summed E-state index contributed by atoms with van der Waals surface area (Å²) in [5, 5.41) is 5.45. The zero-order valence-electron chi connectivity index (χ0n) is 14.1. The number of hydrogen-bond acceptors (Lipinski definition) is 4.